The Hall–Kier alpha value is -4.79. The van der Waals surface area contributed by atoms with Crippen LogP contribution in [0.1, 0.15) is 105 Å². The molecule has 2 aliphatic rings. The standard InChI is InChI=1S/C42H51N7O2/c1-2-3-23-39-45-49(42(50)48(39)29-32-24-26-34(27-25-32)36-21-13-14-22-37(36)41-43-46-47-44-41)38(28-31-15-7-4-8-16-31)40(35-19-11-6-12-20-35)51-30-33-17-9-5-10-18-33/h4-12,15-20,32,34,36-37H,2-3,13-14,21-30H2,1H3,(H,43,44,46,47)/b40-38+. The smallest absolute Gasteiger partial charge is 0.350 e. The molecule has 0 amide bonds. The van der Waals surface area contributed by atoms with Gasteiger partial charge in [-0.15, -0.1) is 10.2 Å². The minimum atomic E-state index is -0.0737. The van der Waals surface area contributed by atoms with Crippen LogP contribution in [0.15, 0.2) is 95.8 Å². The second kappa shape index (κ2) is 16.9. The predicted octanol–water partition coefficient (Wildman–Crippen LogP) is 8.47. The van der Waals surface area contributed by atoms with E-state index in [9.17, 15) is 4.79 Å². The zero-order chi connectivity index (χ0) is 34.8. The van der Waals surface area contributed by atoms with Gasteiger partial charge in [0.25, 0.3) is 0 Å². The van der Waals surface area contributed by atoms with Gasteiger partial charge in [-0.25, -0.2) is 4.79 Å². The molecule has 9 nitrogen and oxygen atoms in total. The Labute approximate surface area is 301 Å². The van der Waals surface area contributed by atoms with Crippen LogP contribution < -0.4 is 5.69 Å². The largest absolute Gasteiger partial charge is 0.486 e. The first-order chi connectivity index (χ1) is 25.2. The summed E-state index contributed by atoms with van der Waals surface area (Å²) in [6, 6.07) is 30.7. The Morgan fingerprint density at radius 1 is 0.843 bits per heavy atom. The van der Waals surface area contributed by atoms with Crippen LogP contribution in [0.25, 0.3) is 11.5 Å². The molecule has 2 unspecified atom stereocenters. The summed E-state index contributed by atoms with van der Waals surface area (Å²) in [7, 11) is 0. The number of allylic oxidation sites excluding steroid dienone is 1. The van der Waals surface area contributed by atoms with E-state index in [1.165, 1.54) is 32.1 Å². The van der Waals surface area contributed by atoms with Crippen molar-refractivity contribution in [1.29, 1.82) is 0 Å². The topological polar surface area (TPSA) is 104 Å². The number of nitrogens with zero attached hydrogens (tertiary/aromatic N) is 6. The maximum atomic E-state index is 14.7. The van der Waals surface area contributed by atoms with Gasteiger partial charge in [-0.05, 0) is 73.8 Å². The van der Waals surface area contributed by atoms with E-state index in [1.807, 2.05) is 59.2 Å². The first-order valence-corrected chi connectivity index (χ1v) is 19.1. The van der Waals surface area contributed by atoms with Crippen molar-refractivity contribution in [2.75, 3.05) is 0 Å². The van der Waals surface area contributed by atoms with Gasteiger partial charge in [0, 0.05) is 30.9 Å². The maximum Gasteiger partial charge on any atom is 0.350 e. The highest BCUT2D eigenvalue weighted by Gasteiger charge is 2.37. The van der Waals surface area contributed by atoms with Crippen molar-refractivity contribution >= 4 is 11.5 Å². The summed E-state index contributed by atoms with van der Waals surface area (Å²) in [6.45, 7) is 3.28. The average Bonchev–Trinajstić information content (AvgIpc) is 3.84. The molecule has 0 spiro atoms. The van der Waals surface area contributed by atoms with Gasteiger partial charge in [0.15, 0.2) is 5.82 Å². The quantitative estimate of drug-likeness (QED) is 0.118. The minimum absolute atomic E-state index is 0.0737. The lowest BCUT2D eigenvalue weighted by Crippen LogP contribution is -2.32. The van der Waals surface area contributed by atoms with Gasteiger partial charge in [0.2, 0.25) is 0 Å². The highest BCUT2D eigenvalue weighted by molar-refractivity contribution is 5.79. The summed E-state index contributed by atoms with van der Waals surface area (Å²) in [6.07, 6.45) is 12.8. The van der Waals surface area contributed by atoms with Crippen LogP contribution in [0.2, 0.25) is 0 Å². The highest BCUT2D eigenvalue weighted by atomic mass is 16.5. The molecule has 2 aliphatic carbocycles. The normalized spacial score (nSPS) is 21.3. The summed E-state index contributed by atoms with van der Waals surface area (Å²) in [5.41, 5.74) is 3.78. The van der Waals surface area contributed by atoms with Gasteiger partial charge in [-0.3, -0.25) is 4.57 Å². The van der Waals surface area contributed by atoms with Crippen LogP contribution in [0.5, 0.6) is 0 Å². The number of aromatic amines is 1. The van der Waals surface area contributed by atoms with Crippen molar-refractivity contribution in [3.63, 3.8) is 0 Å². The molecule has 2 heterocycles. The van der Waals surface area contributed by atoms with Crippen molar-refractivity contribution in [2.24, 2.45) is 17.8 Å². The fourth-order valence-corrected chi connectivity index (χ4v) is 8.44. The van der Waals surface area contributed by atoms with E-state index in [4.69, 9.17) is 9.84 Å². The molecular formula is C42H51N7O2. The third kappa shape index (κ3) is 8.41. The molecule has 266 valence electrons. The molecule has 3 aromatic carbocycles. The van der Waals surface area contributed by atoms with E-state index in [1.54, 1.807) is 4.68 Å². The molecule has 0 bridgehead atoms. The van der Waals surface area contributed by atoms with Crippen LogP contribution in [0.4, 0.5) is 0 Å². The first-order valence-electron chi connectivity index (χ1n) is 19.1. The molecule has 2 aromatic heterocycles. The molecule has 1 N–H and O–H groups in total. The number of ether oxygens (including phenoxy) is 1. The van der Waals surface area contributed by atoms with Crippen molar-refractivity contribution < 1.29 is 4.74 Å². The van der Waals surface area contributed by atoms with Crippen molar-refractivity contribution in [2.45, 2.75) is 103 Å². The third-order valence-electron chi connectivity index (χ3n) is 11.1. The van der Waals surface area contributed by atoms with Crippen LogP contribution in [0.3, 0.4) is 0 Å². The number of H-pyrrole nitrogens is 1. The molecule has 0 radical (unpaired) electrons. The number of benzene rings is 3. The van der Waals surface area contributed by atoms with Crippen LogP contribution >= 0.6 is 0 Å². The summed E-state index contributed by atoms with van der Waals surface area (Å²) in [5.74, 6) is 4.56. The molecule has 2 saturated carbocycles. The predicted molar refractivity (Wildman–Crippen MR) is 200 cm³/mol. The Morgan fingerprint density at radius 2 is 1.53 bits per heavy atom. The maximum absolute atomic E-state index is 14.7. The zero-order valence-electron chi connectivity index (χ0n) is 29.9. The van der Waals surface area contributed by atoms with Gasteiger partial charge < -0.3 is 4.74 Å². The van der Waals surface area contributed by atoms with Crippen LogP contribution in [0, 0.1) is 17.8 Å². The van der Waals surface area contributed by atoms with Crippen LogP contribution in [-0.4, -0.2) is 35.0 Å². The van der Waals surface area contributed by atoms with E-state index >= 15 is 0 Å². The Morgan fingerprint density at radius 3 is 2.22 bits per heavy atom. The fourth-order valence-electron chi connectivity index (χ4n) is 8.44. The van der Waals surface area contributed by atoms with Gasteiger partial charge in [-0.1, -0.05) is 122 Å². The lowest BCUT2D eigenvalue weighted by Gasteiger charge is -2.39. The van der Waals surface area contributed by atoms with E-state index < -0.39 is 0 Å². The summed E-state index contributed by atoms with van der Waals surface area (Å²) < 4.78 is 10.4. The number of hydrogen-bond acceptors (Lipinski definition) is 6. The van der Waals surface area contributed by atoms with E-state index in [0.29, 0.717) is 49.0 Å². The lowest BCUT2D eigenvalue weighted by atomic mass is 9.66. The van der Waals surface area contributed by atoms with Gasteiger partial charge in [0.05, 0.1) is 5.70 Å². The molecule has 5 aromatic rings. The highest BCUT2D eigenvalue weighted by Crippen LogP contribution is 2.46. The van der Waals surface area contributed by atoms with Crippen LogP contribution in [-0.2, 0) is 30.7 Å². The van der Waals surface area contributed by atoms with E-state index in [2.05, 4.69) is 63.9 Å². The van der Waals surface area contributed by atoms with Gasteiger partial charge >= 0.3 is 5.69 Å². The van der Waals surface area contributed by atoms with E-state index in [-0.39, 0.29) is 5.69 Å². The molecule has 0 saturated heterocycles. The number of tetrazole rings is 1. The third-order valence-corrected chi connectivity index (χ3v) is 11.1. The second-order valence-electron chi connectivity index (χ2n) is 14.5. The Kier molecular flexibility index (Phi) is 11.5. The molecule has 2 atom stereocenters. The van der Waals surface area contributed by atoms with E-state index in [0.717, 1.165) is 72.6 Å². The fraction of sp³-hybridized carbons (Fsp3) is 0.452. The minimum Gasteiger partial charge on any atom is -0.486 e. The molecule has 2 fully saturated rings. The SMILES string of the molecule is CCCCc1nn(/C(Cc2ccccc2)=C(/OCc2ccccc2)c2ccccc2)c(=O)n1CC1CCC(C2CCCCC2c2nn[nH]n2)CC1. The average molecular weight is 686 g/mol. The molecule has 0 aliphatic heterocycles. The summed E-state index contributed by atoms with van der Waals surface area (Å²) in [5, 5.41) is 20.5. The molecule has 9 heteroatoms. The Bertz CT molecular complexity index is 1880. The monoisotopic (exact) mass is 685 g/mol. The lowest BCUT2D eigenvalue weighted by molar-refractivity contribution is 0.137. The van der Waals surface area contributed by atoms with Crippen molar-refractivity contribution in [3.8, 4) is 0 Å². The summed E-state index contributed by atoms with van der Waals surface area (Å²) >= 11 is 0. The second-order valence-corrected chi connectivity index (χ2v) is 14.5. The van der Waals surface area contributed by atoms with Gasteiger partial charge in [0.1, 0.15) is 18.2 Å². The number of aromatic nitrogens is 7. The first kappa shape index (κ1) is 34.6. The zero-order valence-corrected chi connectivity index (χ0v) is 29.9. The number of unbranched alkanes of at least 4 members (excludes halogenated alkanes) is 1. The number of nitrogens with one attached hydrogen (secondary N) is 1. The summed E-state index contributed by atoms with van der Waals surface area (Å²) in [4.78, 5) is 14.7. The molecule has 51 heavy (non-hydrogen) atoms. The number of hydrogen-bond donors (Lipinski definition) is 1. The number of rotatable bonds is 14. The number of aryl methyl sites for hydroxylation is 1. The molecular weight excluding hydrogens is 635 g/mol. The van der Waals surface area contributed by atoms with Crippen molar-refractivity contribution in [3.05, 3.63) is 130 Å². The molecule has 7 rings (SSSR count). The van der Waals surface area contributed by atoms with Gasteiger partial charge in [-0.2, -0.15) is 15.0 Å². The Balaban J connectivity index is 1.20. The van der Waals surface area contributed by atoms with Crippen molar-refractivity contribution in [1.82, 2.24) is 35.0 Å².